The molecule has 1 aromatic heterocycles. The molecule has 4 nitrogen and oxygen atoms in total. The van der Waals surface area contributed by atoms with Gasteiger partial charge in [0.2, 0.25) is 0 Å². The molecule has 76 valence electrons. The van der Waals surface area contributed by atoms with Crippen molar-refractivity contribution in [2.75, 3.05) is 0 Å². The minimum atomic E-state index is -0.772. The Morgan fingerprint density at radius 3 is 2.73 bits per heavy atom. The van der Waals surface area contributed by atoms with Gasteiger partial charge in [0.15, 0.2) is 0 Å². The maximum atomic E-state index is 11.3. The third-order valence-corrected chi connectivity index (χ3v) is 2.16. The van der Waals surface area contributed by atoms with Crippen molar-refractivity contribution >= 4 is 16.9 Å². The first kappa shape index (κ1) is 9.45. The molecule has 15 heavy (non-hydrogen) atoms. The summed E-state index contributed by atoms with van der Waals surface area (Å²) in [4.78, 5) is 22.2. The third-order valence-electron chi connectivity index (χ3n) is 2.16. The standard InChI is InChI=1S/C11H9NO3/c1-6-2-3-7-5-8(10(12)13)11(14)15-9(7)4-6/h2-5H,1H3,(H2,12,13). The Morgan fingerprint density at radius 1 is 1.33 bits per heavy atom. The third kappa shape index (κ3) is 1.61. The van der Waals surface area contributed by atoms with Crippen LogP contribution in [0.25, 0.3) is 11.0 Å². The highest BCUT2D eigenvalue weighted by atomic mass is 16.4. The summed E-state index contributed by atoms with van der Waals surface area (Å²) in [5, 5.41) is 0.689. The number of primary amides is 1. The van der Waals surface area contributed by atoms with Crippen molar-refractivity contribution in [3.05, 3.63) is 45.8 Å². The molecule has 1 aromatic carbocycles. The summed E-state index contributed by atoms with van der Waals surface area (Å²) >= 11 is 0. The summed E-state index contributed by atoms with van der Waals surface area (Å²) < 4.78 is 4.98. The summed E-state index contributed by atoms with van der Waals surface area (Å²) in [5.74, 6) is -0.772. The van der Waals surface area contributed by atoms with Crippen molar-refractivity contribution in [3.8, 4) is 0 Å². The Hall–Kier alpha value is -2.10. The molecule has 0 bridgehead atoms. The van der Waals surface area contributed by atoms with E-state index in [1.807, 2.05) is 13.0 Å². The van der Waals surface area contributed by atoms with Gasteiger partial charge in [0.05, 0.1) is 0 Å². The molecule has 0 spiro atoms. The fourth-order valence-corrected chi connectivity index (χ4v) is 1.39. The van der Waals surface area contributed by atoms with Gasteiger partial charge in [-0.25, -0.2) is 4.79 Å². The first-order valence-electron chi connectivity index (χ1n) is 4.42. The van der Waals surface area contributed by atoms with E-state index in [1.165, 1.54) is 6.07 Å². The van der Waals surface area contributed by atoms with E-state index < -0.39 is 11.5 Å². The summed E-state index contributed by atoms with van der Waals surface area (Å²) in [6, 6.07) is 6.83. The average molecular weight is 203 g/mol. The molecule has 1 heterocycles. The lowest BCUT2D eigenvalue weighted by Crippen LogP contribution is -2.20. The number of nitrogens with two attached hydrogens (primary N) is 1. The van der Waals surface area contributed by atoms with Crippen LogP contribution in [-0.4, -0.2) is 5.91 Å². The van der Waals surface area contributed by atoms with E-state index in [0.29, 0.717) is 11.0 Å². The molecular formula is C11H9NO3. The van der Waals surface area contributed by atoms with Gasteiger partial charge in [0, 0.05) is 5.39 Å². The lowest BCUT2D eigenvalue weighted by molar-refractivity contribution is 0.0997. The van der Waals surface area contributed by atoms with Gasteiger partial charge in [-0.05, 0) is 24.6 Å². The zero-order valence-electron chi connectivity index (χ0n) is 8.11. The van der Waals surface area contributed by atoms with Crippen molar-refractivity contribution in [1.82, 2.24) is 0 Å². The predicted molar refractivity (Wildman–Crippen MR) is 55.7 cm³/mol. The molecule has 2 rings (SSSR count). The molecule has 2 N–H and O–H groups in total. The van der Waals surface area contributed by atoms with E-state index in [1.54, 1.807) is 12.1 Å². The van der Waals surface area contributed by atoms with Crippen molar-refractivity contribution in [1.29, 1.82) is 0 Å². The number of aryl methyl sites for hydroxylation is 1. The first-order valence-corrected chi connectivity index (χ1v) is 4.42. The van der Waals surface area contributed by atoms with E-state index in [9.17, 15) is 9.59 Å². The van der Waals surface area contributed by atoms with Crippen molar-refractivity contribution in [2.24, 2.45) is 5.73 Å². The van der Waals surface area contributed by atoms with Gasteiger partial charge < -0.3 is 10.2 Å². The lowest BCUT2D eigenvalue weighted by atomic mass is 10.1. The van der Waals surface area contributed by atoms with E-state index in [-0.39, 0.29) is 5.56 Å². The molecule has 0 saturated carbocycles. The molecule has 0 aliphatic carbocycles. The van der Waals surface area contributed by atoms with E-state index in [0.717, 1.165) is 5.56 Å². The van der Waals surface area contributed by atoms with Crippen LogP contribution in [0.5, 0.6) is 0 Å². The summed E-state index contributed by atoms with van der Waals surface area (Å²) in [6.45, 7) is 1.89. The highest BCUT2D eigenvalue weighted by Gasteiger charge is 2.09. The van der Waals surface area contributed by atoms with E-state index in [2.05, 4.69) is 0 Å². The van der Waals surface area contributed by atoms with Crippen molar-refractivity contribution in [3.63, 3.8) is 0 Å². The van der Waals surface area contributed by atoms with Crippen LogP contribution >= 0.6 is 0 Å². The first-order chi connectivity index (χ1) is 7.08. The van der Waals surface area contributed by atoms with Gasteiger partial charge in [-0.1, -0.05) is 12.1 Å². The fourth-order valence-electron chi connectivity index (χ4n) is 1.39. The Kier molecular flexibility index (Phi) is 2.04. The van der Waals surface area contributed by atoms with Crippen LogP contribution in [0.3, 0.4) is 0 Å². The fraction of sp³-hybridized carbons (Fsp3) is 0.0909. The minimum Gasteiger partial charge on any atom is -0.422 e. The van der Waals surface area contributed by atoms with Crippen LogP contribution in [0.2, 0.25) is 0 Å². The van der Waals surface area contributed by atoms with Crippen LogP contribution in [0.1, 0.15) is 15.9 Å². The topological polar surface area (TPSA) is 73.3 Å². The van der Waals surface area contributed by atoms with Gasteiger partial charge >= 0.3 is 5.63 Å². The molecule has 0 atom stereocenters. The number of rotatable bonds is 1. The lowest BCUT2D eigenvalue weighted by Gasteiger charge is -1.99. The Bertz CT molecular complexity index is 598. The summed E-state index contributed by atoms with van der Waals surface area (Å²) in [5.41, 5.74) is 5.67. The number of hydrogen-bond acceptors (Lipinski definition) is 3. The molecule has 0 unspecified atom stereocenters. The average Bonchev–Trinajstić information content (AvgIpc) is 2.15. The van der Waals surface area contributed by atoms with Crippen LogP contribution in [0, 0.1) is 6.92 Å². The number of amides is 1. The highest BCUT2D eigenvalue weighted by Crippen LogP contribution is 2.14. The van der Waals surface area contributed by atoms with Crippen LogP contribution in [-0.2, 0) is 0 Å². The Morgan fingerprint density at radius 2 is 2.07 bits per heavy atom. The largest absolute Gasteiger partial charge is 0.422 e. The second kappa shape index (κ2) is 3.24. The maximum absolute atomic E-state index is 11.3. The van der Waals surface area contributed by atoms with Crippen molar-refractivity contribution in [2.45, 2.75) is 6.92 Å². The SMILES string of the molecule is Cc1ccc2cc(C(N)=O)c(=O)oc2c1. The zero-order chi connectivity index (χ0) is 11.0. The van der Waals surface area contributed by atoms with Gasteiger partial charge in [-0.15, -0.1) is 0 Å². The van der Waals surface area contributed by atoms with Crippen LogP contribution in [0.4, 0.5) is 0 Å². The monoisotopic (exact) mass is 203 g/mol. The second-order valence-electron chi connectivity index (χ2n) is 3.35. The number of fused-ring (bicyclic) bond motifs is 1. The van der Waals surface area contributed by atoms with Gasteiger partial charge in [0.25, 0.3) is 5.91 Å². The number of carbonyl (C=O) groups is 1. The number of hydrogen-bond donors (Lipinski definition) is 1. The quantitative estimate of drug-likeness (QED) is 0.707. The van der Waals surface area contributed by atoms with E-state index in [4.69, 9.17) is 10.2 Å². The van der Waals surface area contributed by atoms with Gasteiger partial charge in [0.1, 0.15) is 11.1 Å². The number of carbonyl (C=O) groups excluding carboxylic acids is 1. The summed E-state index contributed by atoms with van der Waals surface area (Å²) in [7, 11) is 0. The minimum absolute atomic E-state index is 0.119. The summed E-state index contributed by atoms with van der Waals surface area (Å²) in [6.07, 6.45) is 0. The molecule has 0 radical (unpaired) electrons. The second-order valence-corrected chi connectivity index (χ2v) is 3.35. The van der Waals surface area contributed by atoms with Crippen LogP contribution in [0.15, 0.2) is 33.5 Å². The Labute approximate surface area is 85.3 Å². The smallest absolute Gasteiger partial charge is 0.349 e. The van der Waals surface area contributed by atoms with Crippen molar-refractivity contribution < 1.29 is 9.21 Å². The molecular weight excluding hydrogens is 194 g/mol. The Balaban J connectivity index is 2.82. The van der Waals surface area contributed by atoms with E-state index >= 15 is 0 Å². The molecule has 2 aromatic rings. The molecule has 0 aliphatic rings. The zero-order valence-corrected chi connectivity index (χ0v) is 8.11. The number of benzene rings is 1. The van der Waals surface area contributed by atoms with Crippen LogP contribution < -0.4 is 11.4 Å². The highest BCUT2D eigenvalue weighted by molar-refractivity contribution is 5.95. The predicted octanol–water partition coefficient (Wildman–Crippen LogP) is 1.20. The normalized spacial score (nSPS) is 10.5. The molecule has 0 saturated heterocycles. The van der Waals surface area contributed by atoms with Gasteiger partial charge in [-0.3, -0.25) is 4.79 Å². The molecule has 4 heteroatoms. The molecule has 0 aliphatic heterocycles. The molecule has 1 amide bonds. The maximum Gasteiger partial charge on any atom is 0.349 e. The van der Waals surface area contributed by atoms with Gasteiger partial charge in [-0.2, -0.15) is 0 Å². The molecule has 0 fully saturated rings.